The van der Waals surface area contributed by atoms with Gasteiger partial charge >= 0.3 is 0 Å². The molecule has 2 nitrogen and oxygen atoms in total. The van der Waals surface area contributed by atoms with Crippen molar-refractivity contribution >= 4 is 5.78 Å². The standard InChI is InChI=1S/C18H26O2/c19-11-18-10-9-14-13-4-2-1-3-12(13)5-6-15(14)16(18)7-8-17(18)20/h9,12-13,15-16,19H,1-8,10-11H2/t12?,13-,15+,16-,18+/m0/s1. The summed E-state index contributed by atoms with van der Waals surface area (Å²) in [5, 5.41) is 9.89. The van der Waals surface area contributed by atoms with Gasteiger partial charge in [0.05, 0.1) is 12.0 Å². The van der Waals surface area contributed by atoms with Gasteiger partial charge in [0.2, 0.25) is 0 Å². The Morgan fingerprint density at radius 3 is 2.80 bits per heavy atom. The summed E-state index contributed by atoms with van der Waals surface area (Å²) in [7, 11) is 0. The van der Waals surface area contributed by atoms with Gasteiger partial charge in [-0.25, -0.2) is 0 Å². The van der Waals surface area contributed by atoms with Crippen LogP contribution in [0.25, 0.3) is 0 Å². The zero-order chi connectivity index (χ0) is 13.7. The first kappa shape index (κ1) is 13.1. The molecule has 1 unspecified atom stereocenters. The highest BCUT2D eigenvalue weighted by molar-refractivity contribution is 5.88. The van der Waals surface area contributed by atoms with E-state index >= 15 is 0 Å². The third-order valence-corrected chi connectivity index (χ3v) is 7.03. The molecule has 0 heterocycles. The number of carbonyl (C=O) groups excluding carboxylic acids is 1. The quantitative estimate of drug-likeness (QED) is 0.743. The highest BCUT2D eigenvalue weighted by atomic mass is 16.3. The van der Waals surface area contributed by atoms with Gasteiger partial charge in [0.1, 0.15) is 5.78 Å². The van der Waals surface area contributed by atoms with Crippen LogP contribution in [0.3, 0.4) is 0 Å². The topological polar surface area (TPSA) is 37.3 Å². The van der Waals surface area contributed by atoms with Crippen LogP contribution < -0.4 is 0 Å². The lowest BCUT2D eigenvalue weighted by molar-refractivity contribution is -0.131. The number of aliphatic hydroxyl groups is 1. The normalized spacial score (nSPS) is 47.2. The Balaban J connectivity index is 1.69. The molecule has 0 amide bonds. The molecule has 0 bridgehead atoms. The van der Waals surface area contributed by atoms with Gasteiger partial charge in [-0.15, -0.1) is 0 Å². The van der Waals surface area contributed by atoms with Gasteiger partial charge in [-0.2, -0.15) is 0 Å². The van der Waals surface area contributed by atoms with Crippen LogP contribution in [-0.2, 0) is 4.79 Å². The number of allylic oxidation sites excluding steroid dienone is 2. The van der Waals surface area contributed by atoms with Crippen LogP contribution in [0.2, 0.25) is 0 Å². The number of carbonyl (C=O) groups is 1. The summed E-state index contributed by atoms with van der Waals surface area (Å²) in [4.78, 5) is 12.3. The maximum atomic E-state index is 12.3. The minimum atomic E-state index is -0.393. The molecule has 1 N–H and O–H groups in total. The molecule has 0 radical (unpaired) electrons. The van der Waals surface area contributed by atoms with E-state index in [9.17, 15) is 9.90 Å². The first-order chi connectivity index (χ1) is 9.76. The van der Waals surface area contributed by atoms with Crippen molar-refractivity contribution in [3.05, 3.63) is 11.6 Å². The lowest BCUT2D eigenvalue weighted by atomic mass is 9.55. The zero-order valence-corrected chi connectivity index (χ0v) is 12.3. The Morgan fingerprint density at radius 2 is 1.95 bits per heavy atom. The predicted octanol–water partition coefficient (Wildman–Crippen LogP) is 3.49. The summed E-state index contributed by atoms with van der Waals surface area (Å²) >= 11 is 0. The highest BCUT2D eigenvalue weighted by Gasteiger charge is 2.55. The van der Waals surface area contributed by atoms with Crippen molar-refractivity contribution < 1.29 is 9.90 Å². The van der Waals surface area contributed by atoms with Gasteiger partial charge in [-0.3, -0.25) is 4.79 Å². The molecule has 4 rings (SSSR count). The molecule has 0 saturated heterocycles. The SMILES string of the molecule is O=C1CC[C@H]2[C@@H]3CCC4CCCC[C@@H]4C3=CC[C@]12CO. The van der Waals surface area contributed by atoms with Gasteiger partial charge in [-0.05, 0) is 62.2 Å². The molecule has 4 aliphatic rings. The molecule has 2 heteroatoms. The molecule has 3 saturated carbocycles. The first-order valence-corrected chi connectivity index (χ1v) is 8.60. The van der Waals surface area contributed by atoms with E-state index in [1.165, 1.54) is 38.5 Å². The van der Waals surface area contributed by atoms with Gasteiger partial charge in [0, 0.05) is 6.42 Å². The minimum absolute atomic E-state index is 0.0743. The molecule has 0 aromatic carbocycles. The summed E-state index contributed by atoms with van der Waals surface area (Å²) in [6.45, 7) is 0.0743. The van der Waals surface area contributed by atoms with E-state index in [0.717, 1.165) is 24.7 Å². The third-order valence-electron chi connectivity index (χ3n) is 7.03. The number of ketones is 1. The van der Waals surface area contributed by atoms with Crippen molar-refractivity contribution in [1.82, 2.24) is 0 Å². The summed E-state index contributed by atoms with van der Waals surface area (Å²) in [6.07, 6.45) is 13.2. The van der Waals surface area contributed by atoms with E-state index in [-0.39, 0.29) is 6.61 Å². The molecular formula is C18H26O2. The number of aliphatic hydroxyl groups excluding tert-OH is 1. The van der Waals surface area contributed by atoms with E-state index < -0.39 is 5.41 Å². The predicted molar refractivity (Wildman–Crippen MR) is 78.1 cm³/mol. The molecule has 0 spiro atoms. The van der Waals surface area contributed by atoms with Gasteiger partial charge < -0.3 is 5.11 Å². The second-order valence-electron chi connectivity index (χ2n) is 7.63. The summed E-state index contributed by atoms with van der Waals surface area (Å²) in [5.41, 5.74) is 1.31. The lowest BCUT2D eigenvalue weighted by Gasteiger charge is -2.50. The minimum Gasteiger partial charge on any atom is -0.395 e. The lowest BCUT2D eigenvalue weighted by Crippen LogP contribution is -2.46. The average Bonchev–Trinajstić information content (AvgIpc) is 2.85. The summed E-state index contributed by atoms with van der Waals surface area (Å²) in [5.74, 6) is 3.13. The Kier molecular flexibility index (Phi) is 3.06. The van der Waals surface area contributed by atoms with Crippen LogP contribution in [0, 0.1) is 29.1 Å². The average molecular weight is 274 g/mol. The zero-order valence-electron chi connectivity index (χ0n) is 12.3. The Hall–Kier alpha value is -0.630. The Labute approximate surface area is 121 Å². The van der Waals surface area contributed by atoms with Crippen molar-refractivity contribution in [2.45, 2.75) is 57.8 Å². The van der Waals surface area contributed by atoms with Gasteiger partial charge in [0.25, 0.3) is 0 Å². The van der Waals surface area contributed by atoms with Crippen molar-refractivity contribution in [2.75, 3.05) is 6.61 Å². The van der Waals surface area contributed by atoms with E-state index in [1.807, 2.05) is 0 Å². The van der Waals surface area contributed by atoms with Crippen LogP contribution in [0.5, 0.6) is 0 Å². The van der Waals surface area contributed by atoms with Crippen molar-refractivity contribution in [1.29, 1.82) is 0 Å². The smallest absolute Gasteiger partial charge is 0.141 e. The van der Waals surface area contributed by atoms with Crippen LogP contribution in [0.1, 0.15) is 57.8 Å². The Bertz CT molecular complexity index is 452. The van der Waals surface area contributed by atoms with Gasteiger partial charge in [-0.1, -0.05) is 24.5 Å². The fourth-order valence-electron chi connectivity index (χ4n) is 6.00. The highest BCUT2D eigenvalue weighted by Crippen LogP contribution is 2.59. The number of rotatable bonds is 1. The maximum absolute atomic E-state index is 12.3. The van der Waals surface area contributed by atoms with Crippen molar-refractivity contribution in [3.63, 3.8) is 0 Å². The van der Waals surface area contributed by atoms with E-state index in [4.69, 9.17) is 0 Å². The largest absolute Gasteiger partial charge is 0.395 e. The Morgan fingerprint density at radius 1 is 1.10 bits per heavy atom. The molecule has 0 aliphatic heterocycles. The molecule has 20 heavy (non-hydrogen) atoms. The number of hydrogen-bond donors (Lipinski definition) is 1. The van der Waals surface area contributed by atoms with Crippen LogP contribution >= 0.6 is 0 Å². The van der Waals surface area contributed by atoms with Crippen molar-refractivity contribution in [3.8, 4) is 0 Å². The van der Waals surface area contributed by atoms with Crippen LogP contribution in [0.15, 0.2) is 11.6 Å². The molecular weight excluding hydrogens is 248 g/mol. The van der Waals surface area contributed by atoms with Crippen LogP contribution in [0.4, 0.5) is 0 Å². The summed E-state index contributed by atoms with van der Waals surface area (Å²) < 4.78 is 0. The van der Waals surface area contributed by atoms with Crippen molar-refractivity contribution in [2.24, 2.45) is 29.1 Å². The van der Waals surface area contributed by atoms with E-state index in [1.54, 1.807) is 5.57 Å². The first-order valence-electron chi connectivity index (χ1n) is 8.60. The molecule has 5 atom stereocenters. The van der Waals surface area contributed by atoms with Gasteiger partial charge in [0.15, 0.2) is 0 Å². The summed E-state index contributed by atoms with van der Waals surface area (Å²) in [6, 6.07) is 0. The fourth-order valence-corrected chi connectivity index (χ4v) is 6.00. The van der Waals surface area contributed by atoms with E-state index in [2.05, 4.69) is 6.08 Å². The second kappa shape index (κ2) is 4.69. The number of Topliss-reactive ketones (excluding diaryl/α,β-unsaturated/α-hetero) is 1. The number of fused-ring (bicyclic) bond motifs is 5. The molecule has 3 fully saturated rings. The monoisotopic (exact) mass is 274 g/mol. The maximum Gasteiger partial charge on any atom is 0.141 e. The molecule has 110 valence electrons. The van der Waals surface area contributed by atoms with E-state index in [0.29, 0.717) is 24.0 Å². The molecule has 0 aromatic rings. The van der Waals surface area contributed by atoms with Crippen LogP contribution in [-0.4, -0.2) is 17.5 Å². The number of hydrogen-bond acceptors (Lipinski definition) is 2. The molecule has 4 aliphatic carbocycles. The third kappa shape index (κ3) is 1.63. The fraction of sp³-hybridized carbons (Fsp3) is 0.833. The second-order valence-corrected chi connectivity index (χ2v) is 7.63. The molecule has 0 aromatic heterocycles.